The summed E-state index contributed by atoms with van der Waals surface area (Å²) in [4.78, 5) is 29.8. The summed E-state index contributed by atoms with van der Waals surface area (Å²) < 4.78 is 5.48. The van der Waals surface area contributed by atoms with E-state index in [-0.39, 0.29) is 5.91 Å². The SMILES string of the molecule is CCNC(=O)CCCCN(C(=O)OC(C)(C)C)c1cc(C)ccn1. The van der Waals surface area contributed by atoms with Gasteiger partial charge in [-0.1, -0.05) is 0 Å². The first kappa shape index (κ1) is 19.9. The number of hydrogen-bond acceptors (Lipinski definition) is 4. The Hall–Kier alpha value is -2.11. The fourth-order valence-corrected chi connectivity index (χ4v) is 2.13. The van der Waals surface area contributed by atoms with E-state index in [1.54, 1.807) is 6.20 Å². The van der Waals surface area contributed by atoms with Crippen LogP contribution in [0.1, 0.15) is 52.5 Å². The predicted octanol–water partition coefficient (Wildman–Crippen LogP) is 3.44. The molecule has 0 bridgehead atoms. The highest BCUT2D eigenvalue weighted by Crippen LogP contribution is 2.18. The first-order chi connectivity index (χ1) is 11.2. The normalized spacial score (nSPS) is 11.0. The average molecular weight is 335 g/mol. The Bertz CT molecular complexity index is 553. The Balaban J connectivity index is 2.71. The molecule has 134 valence electrons. The molecule has 0 radical (unpaired) electrons. The minimum Gasteiger partial charge on any atom is -0.443 e. The summed E-state index contributed by atoms with van der Waals surface area (Å²) in [6, 6.07) is 3.74. The zero-order valence-corrected chi connectivity index (χ0v) is 15.4. The number of hydrogen-bond donors (Lipinski definition) is 1. The van der Waals surface area contributed by atoms with Crippen LogP contribution in [-0.4, -0.2) is 35.7 Å². The molecule has 0 atom stereocenters. The molecule has 1 rings (SSSR count). The fourth-order valence-electron chi connectivity index (χ4n) is 2.13. The zero-order valence-electron chi connectivity index (χ0n) is 15.4. The summed E-state index contributed by atoms with van der Waals surface area (Å²) in [5, 5.41) is 2.77. The molecule has 1 aromatic rings. The Labute approximate surface area is 144 Å². The number of anilines is 1. The Morgan fingerprint density at radius 3 is 2.58 bits per heavy atom. The van der Waals surface area contributed by atoms with Crippen LogP contribution < -0.4 is 10.2 Å². The standard InChI is InChI=1S/C18H29N3O3/c1-6-19-16(22)9-7-8-12-21(17(23)24-18(3,4)5)15-13-14(2)10-11-20-15/h10-11,13H,6-9,12H2,1-5H3,(H,19,22). The van der Waals surface area contributed by atoms with Gasteiger partial charge in [-0.15, -0.1) is 0 Å². The van der Waals surface area contributed by atoms with Gasteiger partial charge >= 0.3 is 6.09 Å². The van der Waals surface area contributed by atoms with Crippen molar-refractivity contribution in [1.29, 1.82) is 0 Å². The van der Waals surface area contributed by atoms with Crippen molar-refractivity contribution < 1.29 is 14.3 Å². The van der Waals surface area contributed by atoms with E-state index >= 15 is 0 Å². The largest absolute Gasteiger partial charge is 0.443 e. The maximum atomic E-state index is 12.5. The van der Waals surface area contributed by atoms with E-state index < -0.39 is 11.7 Å². The molecular weight excluding hydrogens is 306 g/mol. The molecule has 0 aliphatic heterocycles. The number of pyridine rings is 1. The van der Waals surface area contributed by atoms with Crippen LogP contribution in [0.15, 0.2) is 18.3 Å². The highest BCUT2D eigenvalue weighted by Gasteiger charge is 2.24. The number of nitrogens with one attached hydrogen (secondary N) is 1. The molecule has 0 spiro atoms. The molecule has 2 amide bonds. The van der Waals surface area contributed by atoms with Crippen LogP contribution in [0.2, 0.25) is 0 Å². The maximum Gasteiger partial charge on any atom is 0.416 e. The van der Waals surface area contributed by atoms with Crippen molar-refractivity contribution in [2.75, 3.05) is 18.0 Å². The number of aromatic nitrogens is 1. The first-order valence-electron chi connectivity index (χ1n) is 8.43. The second kappa shape index (κ2) is 9.25. The molecule has 0 fully saturated rings. The van der Waals surface area contributed by atoms with Gasteiger partial charge in [-0.3, -0.25) is 9.69 Å². The smallest absolute Gasteiger partial charge is 0.416 e. The summed E-state index contributed by atoms with van der Waals surface area (Å²) in [5.74, 6) is 0.609. The van der Waals surface area contributed by atoms with Crippen molar-refractivity contribution in [1.82, 2.24) is 10.3 Å². The van der Waals surface area contributed by atoms with Crippen LogP contribution in [0.4, 0.5) is 10.6 Å². The van der Waals surface area contributed by atoms with Crippen molar-refractivity contribution >= 4 is 17.8 Å². The van der Waals surface area contributed by atoms with Crippen molar-refractivity contribution in [2.24, 2.45) is 0 Å². The average Bonchev–Trinajstić information content (AvgIpc) is 2.45. The molecule has 24 heavy (non-hydrogen) atoms. The number of amides is 2. The molecule has 0 saturated carbocycles. The number of carbonyl (C=O) groups is 2. The van der Waals surface area contributed by atoms with Gasteiger partial charge < -0.3 is 10.1 Å². The fraction of sp³-hybridized carbons (Fsp3) is 0.611. The topological polar surface area (TPSA) is 71.5 Å². The van der Waals surface area contributed by atoms with E-state index in [2.05, 4.69) is 10.3 Å². The molecular formula is C18H29N3O3. The highest BCUT2D eigenvalue weighted by molar-refractivity contribution is 5.86. The van der Waals surface area contributed by atoms with Crippen LogP contribution in [-0.2, 0) is 9.53 Å². The third-order valence-corrected chi connectivity index (χ3v) is 3.20. The van der Waals surface area contributed by atoms with Gasteiger partial charge in [0.15, 0.2) is 0 Å². The minimum absolute atomic E-state index is 0.0370. The highest BCUT2D eigenvalue weighted by atomic mass is 16.6. The second-order valence-corrected chi connectivity index (χ2v) is 6.73. The Morgan fingerprint density at radius 1 is 1.29 bits per heavy atom. The molecule has 0 saturated heterocycles. The summed E-state index contributed by atoms with van der Waals surface area (Å²) >= 11 is 0. The lowest BCUT2D eigenvalue weighted by atomic mass is 10.2. The van der Waals surface area contributed by atoms with E-state index in [9.17, 15) is 9.59 Å². The second-order valence-electron chi connectivity index (χ2n) is 6.73. The van der Waals surface area contributed by atoms with Gasteiger partial charge in [0, 0.05) is 25.7 Å². The van der Waals surface area contributed by atoms with Crippen LogP contribution in [0.25, 0.3) is 0 Å². The molecule has 1 N–H and O–H groups in total. The maximum absolute atomic E-state index is 12.5. The van der Waals surface area contributed by atoms with Gasteiger partial charge in [-0.05, 0) is 65.2 Å². The van der Waals surface area contributed by atoms with Crippen molar-refractivity contribution in [3.63, 3.8) is 0 Å². The summed E-state index contributed by atoms with van der Waals surface area (Å²) in [5.41, 5.74) is 0.455. The number of ether oxygens (including phenoxy) is 1. The molecule has 0 unspecified atom stereocenters. The number of aryl methyl sites for hydroxylation is 1. The van der Waals surface area contributed by atoms with Gasteiger partial charge in [-0.2, -0.15) is 0 Å². The summed E-state index contributed by atoms with van der Waals surface area (Å²) in [6.45, 7) is 10.4. The molecule has 1 heterocycles. The van der Waals surface area contributed by atoms with Crippen molar-refractivity contribution in [3.8, 4) is 0 Å². The van der Waals surface area contributed by atoms with Gasteiger partial charge in [0.1, 0.15) is 11.4 Å². The monoisotopic (exact) mass is 335 g/mol. The quantitative estimate of drug-likeness (QED) is 0.775. The molecule has 6 heteroatoms. The summed E-state index contributed by atoms with van der Waals surface area (Å²) in [7, 11) is 0. The molecule has 0 aliphatic rings. The summed E-state index contributed by atoms with van der Waals surface area (Å²) in [6.07, 6.45) is 3.12. The molecule has 0 aliphatic carbocycles. The van der Waals surface area contributed by atoms with Gasteiger partial charge in [-0.25, -0.2) is 9.78 Å². The lowest BCUT2D eigenvalue weighted by Gasteiger charge is -2.27. The third kappa shape index (κ3) is 7.44. The Morgan fingerprint density at radius 2 is 2.00 bits per heavy atom. The lowest BCUT2D eigenvalue weighted by Crippen LogP contribution is -2.38. The first-order valence-corrected chi connectivity index (χ1v) is 8.43. The van der Waals surface area contributed by atoms with Crippen LogP contribution in [0, 0.1) is 6.92 Å². The lowest BCUT2D eigenvalue weighted by molar-refractivity contribution is -0.121. The zero-order chi connectivity index (χ0) is 18.2. The van der Waals surface area contributed by atoms with E-state index in [4.69, 9.17) is 4.74 Å². The molecule has 1 aromatic heterocycles. The van der Waals surface area contributed by atoms with Gasteiger partial charge in [0.2, 0.25) is 5.91 Å². The third-order valence-electron chi connectivity index (χ3n) is 3.20. The predicted molar refractivity (Wildman–Crippen MR) is 95.1 cm³/mol. The van der Waals surface area contributed by atoms with E-state index in [0.29, 0.717) is 38.2 Å². The van der Waals surface area contributed by atoms with E-state index in [0.717, 1.165) is 5.56 Å². The number of unbranched alkanes of at least 4 members (excludes halogenated alkanes) is 1. The van der Waals surface area contributed by atoms with Crippen molar-refractivity contribution in [3.05, 3.63) is 23.9 Å². The Kier molecular flexibility index (Phi) is 7.68. The van der Waals surface area contributed by atoms with Crippen molar-refractivity contribution in [2.45, 2.75) is 59.5 Å². The number of nitrogens with zero attached hydrogens (tertiary/aromatic N) is 2. The van der Waals surface area contributed by atoms with Crippen LogP contribution >= 0.6 is 0 Å². The number of rotatable bonds is 7. The van der Waals surface area contributed by atoms with Gasteiger partial charge in [0.05, 0.1) is 0 Å². The number of carbonyl (C=O) groups excluding carboxylic acids is 2. The molecule has 0 aromatic carbocycles. The van der Waals surface area contributed by atoms with E-state index in [1.807, 2.05) is 46.8 Å². The van der Waals surface area contributed by atoms with E-state index in [1.165, 1.54) is 4.90 Å². The van der Waals surface area contributed by atoms with Crippen LogP contribution in [0.3, 0.4) is 0 Å². The molecule has 6 nitrogen and oxygen atoms in total. The van der Waals surface area contributed by atoms with Gasteiger partial charge in [0.25, 0.3) is 0 Å². The minimum atomic E-state index is -0.569. The van der Waals surface area contributed by atoms with Crippen LogP contribution in [0.5, 0.6) is 0 Å².